The third-order valence-corrected chi connectivity index (χ3v) is 4.89. The molecule has 0 aliphatic rings. The zero-order valence-corrected chi connectivity index (χ0v) is 17.1. The second-order valence-electron chi connectivity index (χ2n) is 7.08. The molecular weight excluding hydrogens is 435 g/mol. The number of aromatic nitrogens is 3. The van der Waals surface area contributed by atoms with Gasteiger partial charge in [-0.15, -0.1) is 0 Å². The van der Waals surface area contributed by atoms with Gasteiger partial charge in [-0.2, -0.15) is 18.3 Å². The number of halogens is 3. The van der Waals surface area contributed by atoms with Crippen molar-refractivity contribution in [3.8, 4) is 11.3 Å². The van der Waals surface area contributed by atoms with Crippen LogP contribution in [-0.4, -0.2) is 39.5 Å². The lowest BCUT2D eigenvalue weighted by Gasteiger charge is -2.09. The smallest absolute Gasteiger partial charge is 0.350 e. The average Bonchev–Trinajstić information content (AvgIpc) is 3.26. The number of nitrogens with zero attached hydrogens (tertiary/aromatic N) is 3. The SMILES string of the molecule is O=C(NCCNC(=O)c1cnn2c(-c3ccccc3)ccnc12)c1ccc(C(F)(F)F)cc1. The van der Waals surface area contributed by atoms with Gasteiger partial charge in [-0.1, -0.05) is 30.3 Å². The first-order valence-corrected chi connectivity index (χ1v) is 9.96. The lowest BCUT2D eigenvalue weighted by molar-refractivity contribution is -0.137. The number of hydrogen-bond donors (Lipinski definition) is 2. The van der Waals surface area contributed by atoms with Gasteiger partial charge in [-0.05, 0) is 30.3 Å². The molecule has 0 unspecified atom stereocenters. The molecule has 0 saturated heterocycles. The van der Waals surface area contributed by atoms with Crippen molar-refractivity contribution in [1.29, 1.82) is 0 Å². The Balaban J connectivity index is 1.35. The Bertz CT molecular complexity index is 1290. The quantitative estimate of drug-likeness (QED) is 0.437. The first-order chi connectivity index (χ1) is 15.8. The van der Waals surface area contributed by atoms with Crippen LogP contribution in [0, 0.1) is 0 Å². The molecule has 0 spiro atoms. The molecule has 0 saturated carbocycles. The molecule has 0 bridgehead atoms. The van der Waals surface area contributed by atoms with Crippen molar-refractivity contribution in [2.45, 2.75) is 6.18 Å². The molecule has 4 aromatic rings. The summed E-state index contributed by atoms with van der Waals surface area (Å²) in [5.41, 5.74) is 1.64. The summed E-state index contributed by atoms with van der Waals surface area (Å²) in [4.78, 5) is 28.9. The summed E-state index contributed by atoms with van der Waals surface area (Å²) >= 11 is 0. The molecule has 2 aromatic carbocycles. The molecule has 4 rings (SSSR count). The van der Waals surface area contributed by atoms with Crippen LogP contribution in [0.1, 0.15) is 26.3 Å². The van der Waals surface area contributed by atoms with Crippen LogP contribution >= 0.6 is 0 Å². The fourth-order valence-corrected chi connectivity index (χ4v) is 3.24. The van der Waals surface area contributed by atoms with E-state index in [1.165, 1.54) is 6.20 Å². The summed E-state index contributed by atoms with van der Waals surface area (Å²) in [6.45, 7) is 0.203. The zero-order chi connectivity index (χ0) is 23.4. The van der Waals surface area contributed by atoms with E-state index in [-0.39, 0.29) is 24.2 Å². The number of fused-ring (bicyclic) bond motifs is 1. The van der Waals surface area contributed by atoms with E-state index < -0.39 is 23.6 Å². The van der Waals surface area contributed by atoms with Gasteiger partial charge in [0.2, 0.25) is 0 Å². The lowest BCUT2D eigenvalue weighted by Crippen LogP contribution is -2.34. The summed E-state index contributed by atoms with van der Waals surface area (Å²) in [6, 6.07) is 15.3. The van der Waals surface area contributed by atoms with Gasteiger partial charge in [-0.25, -0.2) is 9.50 Å². The van der Waals surface area contributed by atoms with Gasteiger partial charge >= 0.3 is 6.18 Å². The summed E-state index contributed by atoms with van der Waals surface area (Å²) in [5, 5.41) is 9.51. The number of carbonyl (C=O) groups excluding carboxylic acids is 2. The molecule has 2 heterocycles. The highest BCUT2D eigenvalue weighted by molar-refractivity contribution is 6.00. The highest BCUT2D eigenvalue weighted by Crippen LogP contribution is 2.29. The maximum absolute atomic E-state index is 12.6. The van der Waals surface area contributed by atoms with Crippen LogP contribution in [0.4, 0.5) is 13.2 Å². The van der Waals surface area contributed by atoms with Crippen LogP contribution in [0.5, 0.6) is 0 Å². The topological polar surface area (TPSA) is 88.4 Å². The second kappa shape index (κ2) is 9.11. The first kappa shape index (κ1) is 22.0. The minimum Gasteiger partial charge on any atom is -0.350 e. The third-order valence-electron chi connectivity index (χ3n) is 4.89. The third kappa shape index (κ3) is 4.84. The number of carbonyl (C=O) groups is 2. The largest absolute Gasteiger partial charge is 0.416 e. The Morgan fingerprint density at radius 3 is 2.21 bits per heavy atom. The zero-order valence-electron chi connectivity index (χ0n) is 17.1. The van der Waals surface area contributed by atoms with E-state index in [4.69, 9.17) is 0 Å². The number of benzene rings is 2. The number of alkyl halides is 3. The van der Waals surface area contributed by atoms with Gasteiger partial charge in [0.05, 0.1) is 17.5 Å². The van der Waals surface area contributed by atoms with Crippen molar-refractivity contribution in [3.63, 3.8) is 0 Å². The van der Waals surface area contributed by atoms with Crippen molar-refractivity contribution in [3.05, 3.63) is 89.7 Å². The molecule has 0 radical (unpaired) electrons. The highest BCUT2D eigenvalue weighted by atomic mass is 19.4. The fourth-order valence-electron chi connectivity index (χ4n) is 3.24. The van der Waals surface area contributed by atoms with E-state index in [1.807, 2.05) is 30.3 Å². The van der Waals surface area contributed by atoms with E-state index in [0.29, 0.717) is 5.65 Å². The number of rotatable bonds is 6. The maximum Gasteiger partial charge on any atom is 0.416 e. The van der Waals surface area contributed by atoms with Gasteiger partial charge in [0, 0.05) is 30.4 Å². The Labute approximate surface area is 186 Å². The maximum atomic E-state index is 12.6. The highest BCUT2D eigenvalue weighted by Gasteiger charge is 2.30. The molecule has 0 atom stereocenters. The Hall–Kier alpha value is -4.21. The minimum atomic E-state index is -4.46. The predicted octanol–water partition coefficient (Wildman–Crippen LogP) is 3.57. The summed E-state index contributed by atoms with van der Waals surface area (Å²) in [7, 11) is 0. The van der Waals surface area contributed by atoms with E-state index in [9.17, 15) is 22.8 Å². The van der Waals surface area contributed by atoms with Crippen LogP contribution in [0.15, 0.2) is 73.1 Å². The molecule has 0 aliphatic heterocycles. The second-order valence-corrected chi connectivity index (χ2v) is 7.08. The molecule has 0 aliphatic carbocycles. The van der Waals surface area contributed by atoms with Crippen molar-refractivity contribution >= 4 is 17.5 Å². The summed E-state index contributed by atoms with van der Waals surface area (Å²) in [5.74, 6) is -0.949. The van der Waals surface area contributed by atoms with E-state index >= 15 is 0 Å². The van der Waals surface area contributed by atoms with Crippen molar-refractivity contribution in [2.24, 2.45) is 0 Å². The van der Waals surface area contributed by atoms with Crippen molar-refractivity contribution in [1.82, 2.24) is 25.2 Å². The van der Waals surface area contributed by atoms with Gasteiger partial charge in [-0.3, -0.25) is 9.59 Å². The average molecular weight is 453 g/mol. The van der Waals surface area contributed by atoms with E-state index in [0.717, 1.165) is 35.5 Å². The molecule has 2 amide bonds. The Morgan fingerprint density at radius 1 is 0.879 bits per heavy atom. The van der Waals surface area contributed by atoms with Crippen LogP contribution in [0.2, 0.25) is 0 Å². The summed E-state index contributed by atoms with van der Waals surface area (Å²) in [6.07, 6.45) is -1.45. The number of amides is 2. The first-order valence-electron chi connectivity index (χ1n) is 9.96. The van der Waals surface area contributed by atoms with Crippen LogP contribution < -0.4 is 10.6 Å². The Kier molecular flexibility index (Phi) is 6.07. The molecule has 33 heavy (non-hydrogen) atoms. The molecular formula is C23H18F3N5O2. The van der Waals surface area contributed by atoms with Gasteiger partial charge in [0.25, 0.3) is 11.8 Å². The standard InChI is InChI=1S/C23H18F3N5O2/c24-23(25,26)17-8-6-16(7-9-17)21(32)28-12-13-29-22(33)18-14-30-31-19(10-11-27-20(18)31)15-4-2-1-3-5-15/h1-11,14H,12-13H2,(H,28,32)(H,29,33). The molecule has 0 fully saturated rings. The van der Waals surface area contributed by atoms with Crippen LogP contribution in [-0.2, 0) is 6.18 Å². The van der Waals surface area contributed by atoms with Crippen LogP contribution in [0.25, 0.3) is 16.9 Å². The van der Waals surface area contributed by atoms with Gasteiger partial charge in [0.1, 0.15) is 5.56 Å². The Morgan fingerprint density at radius 2 is 1.55 bits per heavy atom. The molecule has 168 valence electrons. The number of hydrogen-bond acceptors (Lipinski definition) is 4. The van der Waals surface area contributed by atoms with E-state index in [1.54, 1.807) is 16.8 Å². The monoisotopic (exact) mass is 453 g/mol. The predicted molar refractivity (Wildman–Crippen MR) is 115 cm³/mol. The van der Waals surface area contributed by atoms with Crippen molar-refractivity contribution in [2.75, 3.05) is 13.1 Å². The van der Waals surface area contributed by atoms with Crippen LogP contribution in [0.3, 0.4) is 0 Å². The molecule has 10 heteroatoms. The van der Waals surface area contributed by atoms with Gasteiger partial charge < -0.3 is 10.6 Å². The summed E-state index contributed by atoms with van der Waals surface area (Å²) < 4.78 is 39.4. The van der Waals surface area contributed by atoms with Crippen molar-refractivity contribution < 1.29 is 22.8 Å². The molecule has 2 N–H and O–H groups in total. The normalized spacial score (nSPS) is 11.4. The minimum absolute atomic E-state index is 0.0908. The van der Waals surface area contributed by atoms with Gasteiger partial charge in [0.15, 0.2) is 5.65 Å². The fraction of sp³-hybridized carbons (Fsp3) is 0.130. The van der Waals surface area contributed by atoms with E-state index in [2.05, 4.69) is 20.7 Å². The number of nitrogens with one attached hydrogen (secondary N) is 2. The lowest BCUT2D eigenvalue weighted by atomic mass is 10.1. The molecule has 2 aromatic heterocycles. The molecule has 7 nitrogen and oxygen atoms in total.